The molecule has 0 atom stereocenters. The Morgan fingerprint density at radius 2 is 2.09 bits per heavy atom. The van der Waals surface area contributed by atoms with E-state index in [1.807, 2.05) is 12.1 Å². The number of methoxy groups -OCH3 is 1. The molecule has 2 rings (SSSR count). The van der Waals surface area contributed by atoms with Crippen LogP contribution in [0.2, 0.25) is 0 Å². The Morgan fingerprint density at radius 3 is 2.86 bits per heavy atom. The van der Waals surface area contributed by atoms with Gasteiger partial charge in [0, 0.05) is 19.0 Å². The number of carbonyl (C=O) groups excluding carboxylic acids is 1. The molecular weight excluding hydrogens is 284 g/mol. The number of hydrogen-bond donors (Lipinski definition) is 2. The fraction of sp³-hybridized carbons (Fsp3) is 0.562. The predicted octanol–water partition coefficient (Wildman–Crippen LogP) is -0.505. The molecule has 0 bridgehead atoms. The van der Waals surface area contributed by atoms with Crippen molar-refractivity contribution in [2.75, 3.05) is 53.1 Å². The molecular formula is C16H25N2O4+. The highest BCUT2D eigenvalue weighted by molar-refractivity contribution is 5.77. The van der Waals surface area contributed by atoms with Gasteiger partial charge in [0.25, 0.3) is 5.91 Å². The van der Waals surface area contributed by atoms with Crippen LogP contribution in [0.4, 0.5) is 0 Å². The summed E-state index contributed by atoms with van der Waals surface area (Å²) in [7, 11) is 1.60. The van der Waals surface area contributed by atoms with Crippen LogP contribution in [0.3, 0.4) is 0 Å². The number of nitrogens with one attached hydrogen (secondary N) is 2. The molecule has 1 heterocycles. The maximum Gasteiger partial charge on any atom is 0.257 e. The van der Waals surface area contributed by atoms with Crippen molar-refractivity contribution in [3.8, 4) is 11.5 Å². The standard InChI is InChI=1S/C16H24N2O4/c1-20-14-4-2-5-15(12-14)22-13-16(19)17-6-3-7-18-8-10-21-11-9-18/h2,4-5,12H,3,6-11,13H2,1H3,(H,17,19)/p+1. The maximum absolute atomic E-state index is 11.7. The average Bonchev–Trinajstić information content (AvgIpc) is 2.58. The van der Waals surface area contributed by atoms with E-state index in [-0.39, 0.29) is 12.5 Å². The van der Waals surface area contributed by atoms with Gasteiger partial charge in [0.05, 0.1) is 26.9 Å². The third-order valence-corrected chi connectivity index (χ3v) is 3.64. The lowest BCUT2D eigenvalue weighted by molar-refractivity contribution is -0.908. The SMILES string of the molecule is COc1cccc(OCC(=O)NCCC[NH+]2CCOCC2)c1. The van der Waals surface area contributed by atoms with Crippen molar-refractivity contribution in [2.24, 2.45) is 0 Å². The molecule has 122 valence electrons. The van der Waals surface area contributed by atoms with E-state index < -0.39 is 0 Å². The van der Waals surface area contributed by atoms with Gasteiger partial charge >= 0.3 is 0 Å². The molecule has 1 fully saturated rings. The lowest BCUT2D eigenvalue weighted by Gasteiger charge is -2.23. The lowest BCUT2D eigenvalue weighted by atomic mass is 10.3. The summed E-state index contributed by atoms with van der Waals surface area (Å²) >= 11 is 0. The molecule has 1 amide bonds. The van der Waals surface area contributed by atoms with Crippen molar-refractivity contribution in [1.82, 2.24) is 5.32 Å². The highest BCUT2D eigenvalue weighted by atomic mass is 16.5. The number of ether oxygens (including phenoxy) is 3. The smallest absolute Gasteiger partial charge is 0.257 e. The van der Waals surface area contributed by atoms with Crippen molar-refractivity contribution >= 4 is 5.91 Å². The Morgan fingerprint density at radius 1 is 1.32 bits per heavy atom. The van der Waals surface area contributed by atoms with Crippen LogP contribution in [0.1, 0.15) is 6.42 Å². The first-order valence-electron chi connectivity index (χ1n) is 7.73. The van der Waals surface area contributed by atoms with E-state index >= 15 is 0 Å². The summed E-state index contributed by atoms with van der Waals surface area (Å²) in [6, 6.07) is 7.23. The number of rotatable bonds is 8. The van der Waals surface area contributed by atoms with Gasteiger partial charge in [-0.2, -0.15) is 0 Å². The maximum atomic E-state index is 11.7. The Kier molecular flexibility index (Phi) is 6.99. The van der Waals surface area contributed by atoms with Gasteiger partial charge in [-0.3, -0.25) is 4.79 Å². The first-order valence-corrected chi connectivity index (χ1v) is 7.73. The minimum Gasteiger partial charge on any atom is -0.497 e. The summed E-state index contributed by atoms with van der Waals surface area (Å²) < 4.78 is 15.9. The van der Waals surface area contributed by atoms with Gasteiger partial charge in [-0.1, -0.05) is 6.07 Å². The zero-order valence-corrected chi connectivity index (χ0v) is 13.1. The second-order valence-corrected chi connectivity index (χ2v) is 5.28. The van der Waals surface area contributed by atoms with Crippen LogP contribution < -0.4 is 19.7 Å². The van der Waals surface area contributed by atoms with Crippen LogP contribution in [0.25, 0.3) is 0 Å². The molecule has 22 heavy (non-hydrogen) atoms. The number of morpholine rings is 1. The number of carbonyl (C=O) groups is 1. The fourth-order valence-corrected chi connectivity index (χ4v) is 2.37. The van der Waals surface area contributed by atoms with Crippen LogP contribution in [-0.2, 0) is 9.53 Å². The molecule has 1 aliphatic heterocycles. The van der Waals surface area contributed by atoms with Crippen molar-refractivity contribution < 1.29 is 23.9 Å². The number of hydrogen-bond acceptors (Lipinski definition) is 4. The summed E-state index contributed by atoms with van der Waals surface area (Å²) in [5.74, 6) is 1.25. The van der Waals surface area contributed by atoms with Crippen LogP contribution in [0.15, 0.2) is 24.3 Å². The third kappa shape index (κ3) is 5.91. The minimum absolute atomic E-state index is 0.0254. The zero-order chi connectivity index (χ0) is 15.6. The lowest BCUT2D eigenvalue weighted by Crippen LogP contribution is -3.14. The first-order chi connectivity index (χ1) is 10.8. The van der Waals surface area contributed by atoms with Gasteiger partial charge < -0.3 is 24.4 Å². The van der Waals surface area contributed by atoms with Crippen LogP contribution in [-0.4, -0.2) is 59.0 Å². The molecule has 0 unspecified atom stereocenters. The van der Waals surface area contributed by atoms with Crippen molar-refractivity contribution in [3.63, 3.8) is 0 Å². The summed E-state index contributed by atoms with van der Waals surface area (Å²) in [5.41, 5.74) is 0. The summed E-state index contributed by atoms with van der Waals surface area (Å²) in [6.45, 7) is 5.59. The largest absolute Gasteiger partial charge is 0.497 e. The molecule has 0 aromatic heterocycles. The topological polar surface area (TPSA) is 61.2 Å². The molecule has 0 spiro atoms. The Hall–Kier alpha value is -1.79. The predicted molar refractivity (Wildman–Crippen MR) is 82.5 cm³/mol. The third-order valence-electron chi connectivity index (χ3n) is 3.64. The first kappa shape index (κ1) is 16.6. The molecule has 1 aliphatic rings. The van der Waals surface area contributed by atoms with Gasteiger partial charge in [0.1, 0.15) is 24.6 Å². The van der Waals surface area contributed by atoms with E-state index in [0.29, 0.717) is 18.0 Å². The zero-order valence-electron chi connectivity index (χ0n) is 13.1. The second-order valence-electron chi connectivity index (χ2n) is 5.28. The highest BCUT2D eigenvalue weighted by Crippen LogP contribution is 2.18. The molecule has 0 radical (unpaired) electrons. The van der Waals surface area contributed by atoms with Gasteiger partial charge in [-0.25, -0.2) is 0 Å². The van der Waals surface area contributed by atoms with Gasteiger partial charge in [-0.15, -0.1) is 0 Å². The van der Waals surface area contributed by atoms with Crippen molar-refractivity contribution in [1.29, 1.82) is 0 Å². The molecule has 1 aromatic carbocycles. The Bertz CT molecular complexity index is 461. The van der Waals surface area contributed by atoms with E-state index in [4.69, 9.17) is 14.2 Å². The van der Waals surface area contributed by atoms with Crippen molar-refractivity contribution in [2.45, 2.75) is 6.42 Å². The number of quaternary nitrogens is 1. The summed E-state index contributed by atoms with van der Waals surface area (Å²) in [5, 5.41) is 2.88. The molecule has 6 nitrogen and oxygen atoms in total. The Balaban J connectivity index is 1.57. The van der Waals surface area contributed by atoms with Crippen LogP contribution in [0.5, 0.6) is 11.5 Å². The number of benzene rings is 1. The van der Waals surface area contributed by atoms with Crippen molar-refractivity contribution in [3.05, 3.63) is 24.3 Å². The second kappa shape index (κ2) is 9.27. The molecule has 6 heteroatoms. The highest BCUT2D eigenvalue weighted by Gasteiger charge is 2.12. The van der Waals surface area contributed by atoms with E-state index in [9.17, 15) is 4.79 Å². The molecule has 1 saturated heterocycles. The van der Waals surface area contributed by atoms with E-state index in [1.165, 1.54) is 0 Å². The van der Waals surface area contributed by atoms with Gasteiger partial charge in [0.2, 0.25) is 0 Å². The van der Waals surface area contributed by atoms with Crippen LogP contribution in [0, 0.1) is 0 Å². The van der Waals surface area contributed by atoms with E-state index in [0.717, 1.165) is 39.3 Å². The van der Waals surface area contributed by atoms with Gasteiger partial charge in [0.15, 0.2) is 6.61 Å². The molecule has 1 aromatic rings. The normalized spacial score (nSPS) is 15.3. The van der Waals surface area contributed by atoms with Crippen LogP contribution >= 0.6 is 0 Å². The minimum atomic E-state index is -0.0974. The fourth-order valence-electron chi connectivity index (χ4n) is 2.37. The number of amides is 1. The van der Waals surface area contributed by atoms with E-state index in [1.54, 1.807) is 24.1 Å². The summed E-state index contributed by atoms with van der Waals surface area (Å²) in [6.07, 6.45) is 0.972. The molecule has 0 aliphatic carbocycles. The van der Waals surface area contributed by atoms with E-state index in [2.05, 4.69) is 5.32 Å². The Labute approximate surface area is 131 Å². The quantitative estimate of drug-likeness (QED) is 0.635. The monoisotopic (exact) mass is 309 g/mol. The molecule has 0 saturated carbocycles. The average molecular weight is 309 g/mol. The summed E-state index contributed by atoms with van der Waals surface area (Å²) in [4.78, 5) is 13.3. The molecule has 2 N–H and O–H groups in total. The van der Waals surface area contributed by atoms with Gasteiger partial charge in [-0.05, 0) is 12.1 Å².